The molecule has 1 aromatic heterocycles. The van der Waals surface area contributed by atoms with Crippen LogP contribution in [0, 0.1) is 24.0 Å². The van der Waals surface area contributed by atoms with Gasteiger partial charge in [-0.1, -0.05) is 0 Å². The zero-order chi connectivity index (χ0) is 20.4. The van der Waals surface area contributed by atoms with Crippen LogP contribution in [0.25, 0.3) is 0 Å². The number of piperidine rings is 1. The number of amides is 2. The molecule has 0 atom stereocenters. The minimum absolute atomic E-state index is 0.0527. The number of nitrogens with zero attached hydrogens (tertiary/aromatic N) is 4. The van der Waals surface area contributed by atoms with E-state index in [1.807, 2.05) is 20.8 Å². The van der Waals surface area contributed by atoms with Crippen molar-refractivity contribution in [3.63, 3.8) is 0 Å². The number of nitrogens with one attached hydrogen (secondary N) is 1. The minimum Gasteiger partial charge on any atom is -0.444 e. The monoisotopic (exact) mass is 381 g/mol. The third kappa shape index (κ3) is 5.41. The van der Waals surface area contributed by atoms with E-state index in [9.17, 15) is 19.7 Å². The second-order valence-corrected chi connectivity index (χ2v) is 7.74. The van der Waals surface area contributed by atoms with E-state index in [1.165, 1.54) is 4.68 Å². The fraction of sp³-hybridized carbons (Fsp3) is 0.706. The van der Waals surface area contributed by atoms with Gasteiger partial charge in [-0.15, -0.1) is 0 Å². The molecule has 2 amide bonds. The van der Waals surface area contributed by atoms with Gasteiger partial charge in [0.05, 0.1) is 4.92 Å². The summed E-state index contributed by atoms with van der Waals surface area (Å²) in [5, 5.41) is 18.0. The Labute approximate surface area is 158 Å². The standard InChI is InChI=1S/C17H27N5O5/c1-11-15(22(25)26)12(2)21(19-11)10-14(23)18-13-6-8-20(9-7-13)16(24)27-17(3,4)5/h13H,6-10H2,1-5H3,(H,18,23). The molecule has 10 nitrogen and oxygen atoms in total. The molecule has 0 spiro atoms. The topological polar surface area (TPSA) is 120 Å². The largest absolute Gasteiger partial charge is 0.444 e. The average Bonchev–Trinajstić information content (AvgIpc) is 2.80. The zero-order valence-electron chi connectivity index (χ0n) is 16.4. The molecule has 1 saturated heterocycles. The highest BCUT2D eigenvalue weighted by Crippen LogP contribution is 2.21. The zero-order valence-corrected chi connectivity index (χ0v) is 16.4. The maximum Gasteiger partial charge on any atom is 0.410 e. The highest BCUT2D eigenvalue weighted by atomic mass is 16.6. The lowest BCUT2D eigenvalue weighted by atomic mass is 10.1. The van der Waals surface area contributed by atoms with Gasteiger partial charge in [0.15, 0.2) is 0 Å². The van der Waals surface area contributed by atoms with Gasteiger partial charge in [0.2, 0.25) is 5.91 Å². The van der Waals surface area contributed by atoms with Gasteiger partial charge in [0.25, 0.3) is 0 Å². The van der Waals surface area contributed by atoms with Gasteiger partial charge in [0.1, 0.15) is 23.5 Å². The number of hydrogen-bond donors (Lipinski definition) is 1. The third-order valence-corrected chi connectivity index (χ3v) is 4.33. The molecule has 1 fully saturated rings. The van der Waals surface area contributed by atoms with Crippen molar-refractivity contribution >= 4 is 17.7 Å². The maximum absolute atomic E-state index is 12.3. The smallest absolute Gasteiger partial charge is 0.410 e. The summed E-state index contributed by atoms with van der Waals surface area (Å²) < 4.78 is 6.70. The number of aryl methyl sites for hydroxylation is 1. The van der Waals surface area contributed by atoms with E-state index in [2.05, 4.69) is 10.4 Å². The first kappa shape index (κ1) is 20.7. The fourth-order valence-corrected chi connectivity index (χ4v) is 3.05. The Morgan fingerprint density at radius 2 is 1.89 bits per heavy atom. The number of hydrogen-bond acceptors (Lipinski definition) is 6. The molecule has 1 aromatic rings. The van der Waals surface area contributed by atoms with Crippen LogP contribution >= 0.6 is 0 Å². The lowest BCUT2D eigenvalue weighted by Crippen LogP contribution is -2.48. The Morgan fingerprint density at radius 3 is 2.37 bits per heavy atom. The highest BCUT2D eigenvalue weighted by Gasteiger charge is 2.28. The van der Waals surface area contributed by atoms with E-state index >= 15 is 0 Å². The molecule has 0 saturated carbocycles. The number of aromatic nitrogens is 2. The predicted molar refractivity (Wildman–Crippen MR) is 97.3 cm³/mol. The van der Waals surface area contributed by atoms with Gasteiger partial charge in [-0.2, -0.15) is 5.10 Å². The summed E-state index contributed by atoms with van der Waals surface area (Å²) in [5.41, 5.74) is 0.0432. The molecule has 0 unspecified atom stereocenters. The van der Waals surface area contributed by atoms with E-state index in [0.717, 1.165) is 0 Å². The number of likely N-dealkylation sites (tertiary alicyclic amines) is 1. The quantitative estimate of drug-likeness (QED) is 0.628. The van der Waals surface area contributed by atoms with Crippen LogP contribution in [0.1, 0.15) is 45.0 Å². The molecule has 0 aliphatic carbocycles. The van der Waals surface area contributed by atoms with E-state index in [1.54, 1.807) is 18.7 Å². The molecule has 0 radical (unpaired) electrons. The van der Waals surface area contributed by atoms with Crippen LogP contribution in [0.2, 0.25) is 0 Å². The van der Waals surface area contributed by atoms with Crippen molar-refractivity contribution in [1.29, 1.82) is 0 Å². The van der Waals surface area contributed by atoms with Crippen molar-refractivity contribution in [2.75, 3.05) is 13.1 Å². The van der Waals surface area contributed by atoms with Crippen LogP contribution in [0.5, 0.6) is 0 Å². The first-order chi connectivity index (χ1) is 12.5. The van der Waals surface area contributed by atoms with Gasteiger partial charge in [0, 0.05) is 19.1 Å². The number of ether oxygens (including phenoxy) is 1. The van der Waals surface area contributed by atoms with Crippen LogP contribution in [-0.2, 0) is 16.1 Å². The van der Waals surface area contributed by atoms with Gasteiger partial charge < -0.3 is 15.0 Å². The van der Waals surface area contributed by atoms with E-state index in [0.29, 0.717) is 31.6 Å². The van der Waals surface area contributed by atoms with Crippen molar-refractivity contribution in [2.24, 2.45) is 0 Å². The van der Waals surface area contributed by atoms with Crippen molar-refractivity contribution in [2.45, 2.75) is 65.6 Å². The number of carbonyl (C=O) groups excluding carboxylic acids is 2. The SMILES string of the molecule is Cc1nn(CC(=O)NC2CCN(C(=O)OC(C)(C)C)CC2)c(C)c1[N+](=O)[O-]. The van der Waals surface area contributed by atoms with Crippen LogP contribution in [-0.4, -0.2) is 56.3 Å². The summed E-state index contributed by atoms with van der Waals surface area (Å²) in [6, 6.07) is -0.0527. The molecule has 0 bridgehead atoms. The summed E-state index contributed by atoms with van der Waals surface area (Å²) in [5.74, 6) is -0.258. The van der Waals surface area contributed by atoms with Crippen LogP contribution in [0.3, 0.4) is 0 Å². The third-order valence-electron chi connectivity index (χ3n) is 4.33. The van der Waals surface area contributed by atoms with Gasteiger partial charge in [-0.25, -0.2) is 4.79 Å². The summed E-state index contributed by atoms with van der Waals surface area (Å²) >= 11 is 0. The first-order valence-electron chi connectivity index (χ1n) is 8.93. The van der Waals surface area contributed by atoms with Gasteiger partial charge >= 0.3 is 11.8 Å². The van der Waals surface area contributed by atoms with Gasteiger partial charge in [-0.3, -0.25) is 19.6 Å². The minimum atomic E-state index is -0.537. The van der Waals surface area contributed by atoms with E-state index in [4.69, 9.17) is 4.74 Å². The second-order valence-electron chi connectivity index (χ2n) is 7.74. The number of rotatable bonds is 4. The summed E-state index contributed by atoms with van der Waals surface area (Å²) in [7, 11) is 0. The van der Waals surface area contributed by atoms with Crippen molar-refractivity contribution in [3.05, 3.63) is 21.5 Å². The predicted octanol–water partition coefficient (Wildman–Crippen LogP) is 1.92. The summed E-state index contributed by atoms with van der Waals surface area (Å²) in [6.45, 7) is 9.52. The second kappa shape index (κ2) is 7.93. The molecule has 1 aliphatic rings. The molecule has 2 rings (SSSR count). The van der Waals surface area contributed by atoms with Crippen LogP contribution in [0.15, 0.2) is 0 Å². The summed E-state index contributed by atoms with van der Waals surface area (Å²) in [6.07, 6.45) is 0.909. The molecule has 1 aliphatic heterocycles. The van der Waals surface area contributed by atoms with Crippen molar-refractivity contribution < 1.29 is 19.2 Å². The van der Waals surface area contributed by atoms with E-state index in [-0.39, 0.29) is 36.0 Å². The van der Waals surface area contributed by atoms with Crippen molar-refractivity contribution in [1.82, 2.24) is 20.0 Å². The lowest BCUT2D eigenvalue weighted by Gasteiger charge is -2.33. The average molecular weight is 381 g/mol. The molecule has 27 heavy (non-hydrogen) atoms. The normalized spacial score (nSPS) is 15.5. The molecule has 2 heterocycles. The van der Waals surface area contributed by atoms with Crippen molar-refractivity contribution in [3.8, 4) is 0 Å². The molecule has 0 aromatic carbocycles. The lowest BCUT2D eigenvalue weighted by molar-refractivity contribution is -0.386. The Kier molecular flexibility index (Phi) is 6.07. The molecular formula is C17H27N5O5. The highest BCUT2D eigenvalue weighted by molar-refractivity contribution is 5.76. The first-order valence-corrected chi connectivity index (χ1v) is 8.93. The fourth-order valence-electron chi connectivity index (χ4n) is 3.05. The Morgan fingerprint density at radius 1 is 1.30 bits per heavy atom. The molecule has 1 N–H and O–H groups in total. The van der Waals surface area contributed by atoms with Crippen LogP contribution < -0.4 is 5.32 Å². The number of nitro groups is 1. The van der Waals surface area contributed by atoms with Gasteiger partial charge in [-0.05, 0) is 47.5 Å². The Balaban J connectivity index is 1.86. The molecule has 10 heteroatoms. The number of carbonyl (C=O) groups is 2. The van der Waals surface area contributed by atoms with Crippen LogP contribution in [0.4, 0.5) is 10.5 Å². The summed E-state index contributed by atoms with van der Waals surface area (Å²) in [4.78, 5) is 36.5. The maximum atomic E-state index is 12.3. The molecule has 150 valence electrons. The molecular weight excluding hydrogens is 354 g/mol. The van der Waals surface area contributed by atoms with E-state index < -0.39 is 10.5 Å². The Hall–Kier alpha value is -2.65. The Bertz CT molecular complexity index is 729.